The minimum atomic E-state index is -0.974. The normalized spacial score (nSPS) is 10.9. The van der Waals surface area contributed by atoms with Crippen molar-refractivity contribution in [1.82, 2.24) is 25.1 Å². The Kier molecular flexibility index (Phi) is 6.50. The number of nitrogens with one attached hydrogen (secondary N) is 1. The second kappa shape index (κ2) is 9.24. The summed E-state index contributed by atoms with van der Waals surface area (Å²) in [4.78, 5) is 15.5. The molecule has 0 aliphatic heterocycles. The zero-order valence-corrected chi connectivity index (χ0v) is 16.2. The van der Waals surface area contributed by atoms with Crippen LogP contribution in [0, 0.1) is 12.7 Å². The van der Waals surface area contributed by atoms with Crippen LogP contribution in [-0.2, 0) is 19.5 Å². The molecular formula is C20H22FN5O3. The number of nitrogens with zero attached hydrogens (tertiary/aromatic N) is 4. The van der Waals surface area contributed by atoms with Crippen LogP contribution in [0.2, 0.25) is 0 Å². The molecule has 0 aliphatic rings. The van der Waals surface area contributed by atoms with E-state index in [1.165, 1.54) is 25.3 Å². The average Bonchev–Trinajstić information content (AvgIpc) is 3.08. The number of hydrogen-bond acceptors (Lipinski definition) is 6. The molecule has 0 unspecified atom stereocenters. The monoisotopic (exact) mass is 399 g/mol. The molecule has 0 atom stereocenters. The van der Waals surface area contributed by atoms with Gasteiger partial charge >= 0.3 is 12.0 Å². The van der Waals surface area contributed by atoms with E-state index in [1.807, 2.05) is 4.57 Å². The van der Waals surface area contributed by atoms with Gasteiger partial charge in [-0.05, 0) is 36.8 Å². The van der Waals surface area contributed by atoms with Crippen molar-refractivity contribution in [2.24, 2.45) is 0 Å². The molecule has 0 bridgehead atoms. The zero-order valence-electron chi connectivity index (χ0n) is 16.2. The van der Waals surface area contributed by atoms with E-state index in [0.717, 1.165) is 11.4 Å². The lowest BCUT2D eigenvalue weighted by molar-refractivity contribution is 0.0696. The molecule has 29 heavy (non-hydrogen) atoms. The van der Waals surface area contributed by atoms with Gasteiger partial charge in [0.05, 0.1) is 24.9 Å². The van der Waals surface area contributed by atoms with E-state index in [2.05, 4.69) is 20.5 Å². The first kappa shape index (κ1) is 20.4. The third-order valence-corrected chi connectivity index (χ3v) is 4.31. The van der Waals surface area contributed by atoms with Gasteiger partial charge in [-0.3, -0.25) is 9.55 Å². The summed E-state index contributed by atoms with van der Waals surface area (Å²) in [6.45, 7) is 3.25. The number of methoxy groups -OCH3 is 1. The van der Waals surface area contributed by atoms with Crippen LogP contribution in [0.1, 0.15) is 33.1 Å². The number of carboxylic acid groups (broad SMARTS) is 1. The quantitative estimate of drug-likeness (QED) is 0.532. The van der Waals surface area contributed by atoms with Crippen molar-refractivity contribution >= 4 is 5.97 Å². The topological polar surface area (TPSA) is 102 Å². The highest BCUT2D eigenvalue weighted by molar-refractivity contribution is 5.87. The summed E-state index contributed by atoms with van der Waals surface area (Å²) in [6, 6.07) is 9.72. The number of carbonyl (C=O) groups is 1. The SMILES string of the molecule is COc1nnc(CCNCc2cc(C(=O)O)cc(C)n2)n1Cc1ccc(F)cc1. The summed E-state index contributed by atoms with van der Waals surface area (Å²) < 4.78 is 20.2. The Morgan fingerprint density at radius 2 is 2.00 bits per heavy atom. The van der Waals surface area contributed by atoms with Gasteiger partial charge in [0, 0.05) is 25.2 Å². The van der Waals surface area contributed by atoms with Crippen molar-refractivity contribution in [1.29, 1.82) is 0 Å². The fraction of sp³-hybridized carbons (Fsp3) is 0.300. The summed E-state index contributed by atoms with van der Waals surface area (Å²) in [5.74, 6) is -0.537. The molecule has 1 aromatic carbocycles. The van der Waals surface area contributed by atoms with Gasteiger partial charge in [-0.25, -0.2) is 9.18 Å². The van der Waals surface area contributed by atoms with Crippen LogP contribution < -0.4 is 10.1 Å². The molecule has 2 aromatic heterocycles. The molecule has 3 rings (SSSR count). The number of pyridine rings is 1. The summed E-state index contributed by atoms with van der Waals surface area (Å²) in [5, 5.41) is 20.6. The lowest BCUT2D eigenvalue weighted by Gasteiger charge is -2.10. The van der Waals surface area contributed by atoms with Gasteiger partial charge in [0.1, 0.15) is 11.6 Å². The van der Waals surface area contributed by atoms with Crippen molar-refractivity contribution in [3.8, 4) is 6.01 Å². The summed E-state index contributed by atoms with van der Waals surface area (Å²) in [5.41, 5.74) is 2.44. The molecule has 152 valence electrons. The van der Waals surface area contributed by atoms with E-state index >= 15 is 0 Å². The van der Waals surface area contributed by atoms with Crippen LogP contribution in [0.15, 0.2) is 36.4 Å². The first-order valence-electron chi connectivity index (χ1n) is 9.08. The smallest absolute Gasteiger partial charge is 0.335 e. The summed E-state index contributed by atoms with van der Waals surface area (Å²) in [6.07, 6.45) is 0.579. The molecule has 9 heteroatoms. The number of halogens is 1. The van der Waals surface area contributed by atoms with E-state index < -0.39 is 5.97 Å². The molecule has 0 saturated heterocycles. The second-order valence-corrected chi connectivity index (χ2v) is 6.54. The van der Waals surface area contributed by atoms with Crippen molar-refractivity contribution in [3.63, 3.8) is 0 Å². The molecule has 2 N–H and O–H groups in total. The van der Waals surface area contributed by atoms with E-state index in [0.29, 0.717) is 43.5 Å². The Morgan fingerprint density at radius 3 is 2.69 bits per heavy atom. The lowest BCUT2D eigenvalue weighted by atomic mass is 10.2. The highest BCUT2D eigenvalue weighted by Gasteiger charge is 2.13. The van der Waals surface area contributed by atoms with Crippen LogP contribution in [0.25, 0.3) is 0 Å². The van der Waals surface area contributed by atoms with Crippen LogP contribution in [0.3, 0.4) is 0 Å². The number of aryl methyl sites for hydroxylation is 1. The van der Waals surface area contributed by atoms with Gasteiger partial charge in [0.25, 0.3) is 0 Å². The number of carboxylic acids is 1. The van der Waals surface area contributed by atoms with E-state index in [9.17, 15) is 9.18 Å². The molecular weight excluding hydrogens is 377 g/mol. The highest BCUT2D eigenvalue weighted by atomic mass is 19.1. The van der Waals surface area contributed by atoms with Gasteiger partial charge in [-0.15, -0.1) is 5.10 Å². The maximum Gasteiger partial charge on any atom is 0.335 e. The fourth-order valence-electron chi connectivity index (χ4n) is 2.95. The van der Waals surface area contributed by atoms with Gasteiger partial charge in [-0.2, -0.15) is 0 Å². The summed E-state index contributed by atoms with van der Waals surface area (Å²) in [7, 11) is 1.52. The summed E-state index contributed by atoms with van der Waals surface area (Å²) >= 11 is 0. The van der Waals surface area contributed by atoms with Gasteiger partial charge in [0.2, 0.25) is 0 Å². The standard InChI is InChI=1S/C20H22FN5O3/c1-13-9-15(19(27)28)10-17(23-13)11-22-8-7-18-24-25-20(29-2)26(18)12-14-3-5-16(21)6-4-14/h3-6,9-10,22H,7-8,11-12H2,1-2H3,(H,27,28). The Balaban J connectivity index is 1.62. The number of benzene rings is 1. The maximum atomic E-state index is 13.1. The minimum absolute atomic E-state index is 0.220. The minimum Gasteiger partial charge on any atom is -0.478 e. The van der Waals surface area contributed by atoms with Gasteiger partial charge < -0.3 is 15.2 Å². The first-order chi connectivity index (χ1) is 14.0. The predicted octanol–water partition coefficient (Wildman–Crippen LogP) is 2.21. The lowest BCUT2D eigenvalue weighted by Crippen LogP contribution is -2.20. The third-order valence-electron chi connectivity index (χ3n) is 4.31. The van der Waals surface area contributed by atoms with Crippen molar-refractivity contribution < 1.29 is 19.0 Å². The number of rotatable bonds is 9. The molecule has 0 radical (unpaired) electrons. The van der Waals surface area contributed by atoms with E-state index in [-0.39, 0.29) is 11.4 Å². The second-order valence-electron chi connectivity index (χ2n) is 6.54. The molecule has 3 aromatic rings. The van der Waals surface area contributed by atoms with Crippen molar-refractivity contribution in [2.45, 2.75) is 26.4 Å². The van der Waals surface area contributed by atoms with Gasteiger partial charge in [0.15, 0.2) is 0 Å². The Morgan fingerprint density at radius 1 is 1.24 bits per heavy atom. The Hall–Kier alpha value is -3.33. The molecule has 0 amide bonds. The maximum absolute atomic E-state index is 13.1. The number of ether oxygens (including phenoxy) is 1. The number of aromatic carboxylic acids is 1. The zero-order chi connectivity index (χ0) is 20.8. The first-order valence-corrected chi connectivity index (χ1v) is 9.08. The predicted molar refractivity (Wildman–Crippen MR) is 103 cm³/mol. The molecule has 2 heterocycles. The molecule has 0 spiro atoms. The molecule has 0 aliphatic carbocycles. The van der Waals surface area contributed by atoms with Gasteiger partial charge in [-0.1, -0.05) is 17.2 Å². The van der Waals surface area contributed by atoms with E-state index in [4.69, 9.17) is 9.84 Å². The van der Waals surface area contributed by atoms with Crippen LogP contribution >= 0.6 is 0 Å². The van der Waals surface area contributed by atoms with Crippen LogP contribution in [0.5, 0.6) is 6.01 Å². The number of aromatic nitrogens is 4. The fourth-order valence-corrected chi connectivity index (χ4v) is 2.95. The van der Waals surface area contributed by atoms with Crippen LogP contribution in [0.4, 0.5) is 4.39 Å². The highest BCUT2D eigenvalue weighted by Crippen LogP contribution is 2.14. The largest absolute Gasteiger partial charge is 0.478 e. The Labute approximate surface area is 167 Å². The number of hydrogen-bond donors (Lipinski definition) is 2. The average molecular weight is 399 g/mol. The van der Waals surface area contributed by atoms with E-state index in [1.54, 1.807) is 25.1 Å². The van der Waals surface area contributed by atoms with Crippen molar-refractivity contribution in [3.05, 3.63) is 70.6 Å². The Bertz CT molecular complexity index is 988. The van der Waals surface area contributed by atoms with Crippen molar-refractivity contribution in [2.75, 3.05) is 13.7 Å². The molecule has 8 nitrogen and oxygen atoms in total. The molecule has 0 saturated carbocycles. The molecule has 0 fully saturated rings. The van der Waals surface area contributed by atoms with Crippen LogP contribution in [-0.4, -0.2) is 44.5 Å². The third kappa shape index (κ3) is 5.35.